The fraction of sp³-hybridized carbons (Fsp3) is 0. The summed E-state index contributed by atoms with van der Waals surface area (Å²) in [6, 6.07) is 60.2. The van der Waals surface area contributed by atoms with Crippen molar-refractivity contribution < 1.29 is 0 Å². The van der Waals surface area contributed by atoms with E-state index >= 15 is 0 Å². The number of aromatic nitrogens is 1. The molecule has 0 atom stereocenters. The summed E-state index contributed by atoms with van der Waals surface area (Å²) in [6.45, 7) is 0. The van der Waals surface area contributed by atoms with Gasteiger partial charge in [-0.05, 0) is 78.5 Å². The second-order valence-corrected chi connectivity index (χ2v) is 12.1. The van der Waals surface area contributed by atoms with Gasteiger partial charge in [0.05, 0.1) is 11.0 Å². The topological polar surface area (TPSA) is 4.93 Å². The first-order valence-corrected chi connectivity index (χ1v) is 15.6. The highest BCUT2D eigenvalue weighted by molar-refractivity contribution is 6.42. The molecule has 9 aromatic carbocycles. The van der Waals surface area contributed by atoms with E-state index in [1.54, 1.807) is 0 Å². The van der Waals surface area contributed by atoms with E-state index in [0.29, 0.717) is 0 Å². The summed E-state index contributed by atoms with van der Waals surface area (Å²) in [5, 5.41) is 15.5. The number of nitrogens with zero attached hydrogens (tertiary/aromatic N) is 1. The van der Waals surface area contributed by atoms with Crippen molar-refractivity contribution in [2.45, 2.75) is 0 Å². The number of benzene rings is 9. The molecule has 0 amide bonds. The molecule has 45 heavy (non-hydrogen) atoms. The van der Waals surface area contributed by atoms with Crippen LogP contribution in [0.15, 0.2) is 164 Å². The summed E-state index contributed by atoms with van der Waals surface area (Å²) in [6.07, 6.45) is 0. The predicted molar refractivity (Wildman–Crippen MR) is 194 cm³/mol. The van der Waals surface area contributed by atoms with Crippen LogP contribution in [0.4, 0.5) is 0 Å². The van der Waals surface area contributed by atoms with Crippen LogP contribution in [0.1, 0.15) is 0 Å². The Labute approximate surface area is 260 Å². The zero-order chi connectivity index (χ0) is 29.5. The van der Waals surface area contributed by atoms with E-state index in [1.807, 2.05) is 0 Å². The highest BCUT2D eigenvalue weighted by atomic mass is 15.0. The van der Waals surface area contributed by atoms with Crippen molar-refractivity contribution in [3.05, 3.63) is 164 Å². The zero-order valence-corrected chi connectivity index (χ0v) is 24.5. The lowest BCUT2D eigenvalue weighted by Gasteiger charge is -2.16. The largest absolute Gasteiger partial charge is 0.309 e. The van der Waals surface area contributed by atoms with Crippen LogP contribution in [-0.4, -0.2) is 4.57 Å². The molecule has 0 fully saturated rings. The summed E-state index contributed by atoms with van der Waals surface area (Å²) in [4.78, 5) is 0. The summed E-state index contributed by atoms with van der Waals surface area (Å²) >= 11 is 0. The van der Waals surface area contributed by atoms with Crippen molar-refractivity contribution in [3.8, 4) is 16.8 Å². The molecule has 0 radical (unpaired) electrons. The lowest BCUT2D eigenvalue weighted by atomic mass is 9.88. The zero-order valence-electron chi connectivity index (χ0n) is 24.5. The molecule has 0 bridgehead atoms. The first-order valence-electron chi connectivity index (χ1n) is 15.6. The maximum atomic E-state index is 2.50. The molecule has 0 saturated carbocycles. The van der Waals surface area contributed by atoms with Gasteiger partial charge in [0, 0.05) is 27.2 Å². The van der Waals surface area contributed by atoms with Gasteiger partial charge in [-0.3, -0.25) is 0 Å². The molecule has 0 saturated heterocycles. The van der Waals surface area contributed by atoms with E-state index in [0.717, 1.165) is 0 Å². The summed E-state index contributed by atoms with van der Waals surface area (Å²) in [5.41, 5.74) is 6.15. The van der Waals surface area contributed by atoms with E-state index in [4.69, 9.17) is 0 Å². The Bertz CT molecular complexity index is 2800. The smallest absolute Gasteiger partial charge is 0.0626 e. The maximum absolute atomic E-state index is 2.50. The van der Waals surface area contributed by atoms with E-state index in [2.05, 4.69) is 168 Å². The Morgan fingerprint density at radius 3 is 1.58 bits per heavy atom. The van der Waals surface area contributed by atoms with Gasteiger partial charge in [0.15, 0.2) is 0 Å². The monoisotopic (exact) mass is 569 g/mol. The molecule has 0 aliphatic rings. The second kappa shape index (κ2) is 9.29. The van der Waals surface area contributed by atoms with Crippen molar-refractivity contribution in [1.29, 1.82) is 0 Å². The number of hydrogen-bond acceptors (Lipinski definition) is 0. The van der Waals surface area contributed by atoms with E-state index in [9.17, 15) is 0 Å². The summed E-state index contributed by atoms with van der Waals surface area (Å²) in [5.74, 6) is 0. The lowest BCUT2D eigenvalue weighted by Crippen LogP contribution is -1.95. The van der Waals surface area contributed by atoms with Crippen LogP contribution in [0.25, 0.3) is 92.5 Å². The predicted octanol–water partition coefficient (Wildman–Crippen LogP) is 12.2. The number of fused-ring (bicyclic) bond motifs is 14. The Hall–Kier alpha value is -5.92. The fourth-order valence-electron chi connectivity index (χ4n) is 7.79. The van der Waals surface area contributed by atoms with Gasteiger partial charge in [-0.2, -0.15) is 0 Å². The standard InChI is InChI=1S/C44H27N/c1-2-12-28(13-3-1)29-22-23-31-27-32(25-24-30(31)26-29)45-40-21-11-10-20-39(40)43-42-36-17-7-5-15-34(36)33-14-4-6-16-35(33)41(42)37-18-8-9-19-38(37)44(43)45/h1-27H. The van der Waals surface area contributed by atoms with Crippen molar-refractivity contribution in [3.63, 3.8) is 0 Å². The number of hydrogen-bond donors (Lipinski definition) is 0. The van der Waals surface area contributed by atoms with Gasteiger partial charge in [0.25, 0.3) is 0 Å². The van der Waals surface area contributed by atoms with Crippen LogP contribution < -0.4 is 0 Å². The van der Waals surface area contributed by atoms with Gasteiger partial charge in [-0.25, -0.2) is 0 Å². The highest BCUT2D eigenvalue weighted by Gasteiger charge is 2.22. The third-order valence-corrected chi connectivity index (χ3v) is 9.70. The highest BCUT2D eigenvalue weighted by Crippen LogP contribution is 2.47. The number of rotatable bonds is 2. The Morgan fingerprint density at radius 1 is 0.311 bits per heavy atom. The summed E-state index contributed by atoms with van der Waals surface area (Å²) in [7, 11) is 0. The van der Waals surface area contributed by atoms with Crippen LogP contribution in [0.2, 0.25) is 0 Å². The van der Waals surface area contributed by atoms with E-state index in [-0.39, 0.29) is 0 Å². The molecule has 1 aromatic heterocycles. The van der Waals surface area contributed by atoms with Crippen molar-refractivity contribution in [2.24, 2.45) is 0 Å². The molecule has 0 aliphatic carbocycles. The van der Waals surface area contributed by atoms with E-state index in [1.165, 1.54) is 92.5 Å². The Balaban J connectivity index is 1.38. The van der Waals surface area contributed by atoms with Crippen LogP contribution >= 0.6 is 0 Å². The third-order valence-electron chi connectivity index (χ3n) is 9.70. The first kappa shape index (κ1) is 24.5. The second-order valence-electron chi connectivity index (χ2n) is 12.1. The molecule has 0 unspecified atom stereocenters. The minimum absolute atomic E-state index is 1.18. The molecule has 10 aromatic rings. The summed E-state index contributed by atoms with van der Waals surface area (Å²) < 4.78 is 2.50. The van der Waals surface area contributed by atoms with E-state index < -0.39 is 0 Å². The van der Waals surface area contributed by atoms with Crippen LogP contribution in [0.3, 0.4) is 0 Å². The van der Waals surface area contributed by atoms with Crippen LogP contribution in [-0.2, 0) is 0 Å². The van der Waals surface area contributed by atoms with Gasteiger partial charge in [0.1, 0.15) is 0 Å². The average molecular weight is 570 g/mol. The number of para-hydroxylation sites is 1. The average Bonchev–Trinajstić information content (AvgIpc) is 3.47. The molecule has 1 heterocycles. The minimum Gasteiger partial charge on any atom is -0.309 e. The molecular weight excluding hydrogens is 542 g/mol. The van der Waals surface area contributed by atoms with Crippen LogP contribution in [0, 0.1) is 0 Å². The van der Waals surface area contributed by atoms with Crippen molar-refractivity contribution in [1.82, 2.24) is 4.57 Å². The molecular formula is C44H27N. The molecule has 10 rings (SSSR count). The van der Waals surface area contributed by atoms with Crippen molar-refractivity contribution in [2.75, 3.05) is 0 Å². The Morgan fingerprint density at radius 2 is 0.844 bits per heavy atom. The van der Waals surface area contributed by atoms with Crippen LogP contribution in [0.5, 0.6) is 0 Å². The normalized spacial score (nSPS) is 12.0. The van der Waals surface area contributed by atoms with Gasteiger partial charge in [-0.1, -0.05) is 140 Å². The Kier molecular flexibility index (Phi) is 5.06. The third kappa shape index (κ3) is 3.44. The van der Waals surface area contributed by atoms with Gasteiger partial charge < -0.3 is 4.57 Å². The SMILES string of the molecule is c1ccc(-c2ccc3cc(-n4c5ccccc5c5c6c7ccccc7c7ccccc7c6c6ccccc6c54)ccc3c2)cc1. The molecule has 0 aliphatic heterocycles. The lowest BCUT2D eigenvalue weighted by molar-refractivity contribution is 1.19. The molecule has 1 nitrogen and oxygen atoms in total. The molecule has 0 spiro atoms. The molecule has 1 heteroatoms. The van der Waals surface area contributed by atoms with Gasteiger partial charge in [-0.15, -0.1) is 0 Å². The van der Waals surface area contributed by atoms with Gasteiger partial charge >= 0.3 is 0 Å². The molecule has 0 N–H and O–H groups in total. The quantitative estimate of drug-likeness (QED) is 0.183. The maximum Gasteiger partial charge on any atom is 0.0626 e. The molecule has 208 valence electrons. The van der Waals surface area contributed by atoms with Crippen molar-refractivity contribution >= 4 is 75.7 Å². The minimum atomic E-state index is 1.18. The van der Waals surface area contributed by atoms with Gasteiger partial charge in [0.2, 0.25) is 0 Å². The first-order chi connectivity index (χ1) is 22.3. The fourth-order valence-corrected chi connectivity index (χ4v) is 7.79.